The van der Waals surface area contributed by atoms with Crippen molar-refractivity contribution in [3.8, 4) is 0 Å². The molecule has 3 N–H and O–H groups in total. The lowest BCUT2D eigenvalue weighted by atomic mass is 10.0. The quantitative estimate of drug-likeness (QED) is 0.0320. The van der Waals surface area contributed by atoms with Gasteiger partial charge in [0.2, 0.25) is 5.91 Å². The fraction of sp³-hybridized carbons (Fsp3) is 0.923. The van der Waals surface area contributed by atoms with Crippen LogP contribution in [0, 0.1) is 0 Å². The second-order valence-electron chi connectivity index (χ2n) is 26.7. The zero-order valence-corrected chi connectivity index (χ0v) is 57.2. The smallest absolute Gasteiger partial charge is 0.305 e. The Morgan fingerprint density at radius 1 is 0.333 bits per heavy atom. The van der Waals surface area contributed by atoms with Crippen molar-refractivity contribution in [1.29, 1.82) is 0 Å². The molecular formula is C78H151NO5. The van der Waals surface area contributed by atoms with Gasteiger partial charge < -0.3 is 20.3 Å². The van der Waals surface area contributed by atoms with Gasteiger partial charge in [-0.05, 0) is 51.4 Å². The van der Waals surface area contributed by atoms with Crippen LogP contribution in [0.4, 0.5) is 0 Å². The van der Waals surface area contributed by atoms with Crippen molar-refractivity contribution < 1.29 is 24.5 Å². The van der Waals surface area contributed by atoms with E-state index in [2.05, 4.69) is 43.5 Å². The van der Waals surface area contributed by atoms with Gasteiger partial charge >= 0.3 is 5.97 Å². The number of nitrogens with one attached hydrogen (secondary N) is 1. The van der Waals surface area contributed by atoms with E-state index in [0.29, 0.717) is 25.9 Å². The summed E-state index contributed by atoms with van der Waals surface area (Å²) in [5, 5.41) is 23.5. The van der Waals surface area contributed by atoms with Crippen molar-refractivity contribution in [2.75, 3.05) is 13.2 Å². The van der Waals surface area contributed by atoms with Crippen LogP contribution in [-0.2, 0) is 14.3 Å². The largest absolute Gasteiger partial charge is 0.466 e. The number of aliphatic hydroxyl groups excluding tert-OH is 2. The van der Waals surface area contributed by atoms with Crippen LogP contribution in [-0.4, -0.2) is 47.4 Å². The summed E-state index contributed by atoms with van der Waals surface area (Å²) >= 11 is 0. The number of rotatable bonds is 73. The minimum Gasteiger partial charge on any atom is -0.466 e. The monoisotopic (exact) mass is 1180 g/mol. The number of amides is 1. The lowest BCUT2D eigenvalue weighted by molar-refractivity contribution is -0.143. The number of allylic oxidation sites excluding steroid dienone is 4. The summed E-state index contributed by atoms with van der Waals surface area (Å²) in [5.41, 5.74) is 0. The summed E-state index contributed by atoms with van der Waals surface area (Å²) in [6, 6.07) is -0.539. The highest BCUT2D eigenvalue weighted by Gasteiger charge is 2.20. The Bertz CT molecular complexity index is 1320. The topological polar surface area (TPSA) is 95.9 Å². The first-order chi connectivity index (χ1) is 41.5. The van der Waals surface area contributed by atoms with E-state index in [1.165, 1.54) is 353 Å². The molecule has 0 aliphatic rings. The second kappa shape index (κ2) is 73.8. The second-order valence-corrected chi connectivity index (χ2v) is 26.7. The van der Waals surface area contributed by atoms with Crippen molar-refractivity contribution >= 4 is 11.9 Å². The molecular weight excluding hydrogens is 1030 g/mol. The normalized spacial score (nSPS) is 12.6. The third-order valence-electron chi connectivity index (χ3n) is 18.3. The molecule has 2 atom stereocenters. The standard InChI is InChI=1S/C78H151NO5/c1-3-5-7-9-11-13-15-17-19-20-21-34-37-40-43-46-50-54-58-62-66-70-76(81)75(74-80)79-77(82)71-67-63-59-55-51-47-44-41-38-35-32-30-28-26-24-22-23-25-27-29-31-33-36-39-42-45-49-53-57-61-65-69-73-84-78(83)72-68-64-60-56-52-48-18-16-14-12-10-8-6-4-2/h10,12,16,18,75-76,80-81H,3-9,11,13-15,17,19-74H2,1-2H3,(H,79,82)/b12-10-,18-16-. The van der Waals surface area contributed by atoms with E-state index in [4.69, 9.17) is 4.74 Å². The SMILES string of the molecule is CCCC/C=C\C/C=C\CCCCCCCC(=O)OCCCCCCCCCCCCCCCCCCCCCCCCCCCCCCCCCCC(=O)NC(CO)C(O)CCCCCCCCCCCCCCCCCCCCCCC. The molecule has 6 nitrogen and oxygen atoms in total. The van der Waals surface area contributed by atoms with Crippen LogP contribution in [0.3, 0.4) is 0 Å². The maximum absolute atomic E-state index is 12.6. The number of unbranched alkanes of at least 4 members (excludes halogenated alkanes) is 58. The van der Waals surface area contributed by atoms with Crippen LogP contribution in [0.15, 0.2) is 24.3 Å². The first-order valence-corrected chi connectivity index (χ1v) is 38.6. The van der Waals surface area contributed by atoms with Gasteiger partial charge in [-0.15, -0.1) is 0 Å². The van der Waals surface area contributed by atoms with E-state index in [-0.39, 0.29) is 18.5 Å². The molecule has 84 heavy (non-hydrogen) atoms. The highest BCUT2D eigenvalue weighted by Crippen LogP contribution is 2.20. The van der Waals surface area contributed by atoms with Crippen molar-refractivity contribution in [3.05, 3.63) is 24.3 Å². The maximum Gasteiger partial charge on any atom is 0.305 e. The average Bonchev–Trinajstić information content (AvgIpc) is 3.51. The summed E-state index contributed by atoms with van der Waals surface area (Å²) in [7, 11) is 0. The van der Waals surface area contributed by atoms with E-state index in [1.54, 1.807) is 0 Å². The molecule has 498 valence electrons. The molecule has 0 aromatic rings. The highest BCUT2D eigenvalue weighted by molar-refractivity contribution is 5.76. The maximum atomic E-state index is 12.6. The minimum absolute atomic E-state index is 0.00736. The van der Waals surface area contributed by atoms with E-state index in [0.717, 1.165) is 51.4 Å². The molecule has 0 rings (SSSR count). The average molecular weight is 1180 g/mol. The van der Waals surface area contributed by atoms with Crippen molar-refractivity contribution in [1.82, 2.24) is 5.32 Å². The van der Waals surface area contributed by atoms with Gasteiger partial charge in [0.25, 0.3) is 0 Å². The van der Waals surface area contributed by atoms with Crippen molar-refractivity contribution in [2.45, 2.75) is 450 Å². The van der Waals surface area contributed by atoms with Gasteiger partial charge in [0.05, 0.1) is 25.4 Å². The first-order valence-electron chi connectivity index (χ1n) is 38.6. The van der Waals surface area contributed by atoms with Gasteiger partial charge in [0.1, 0.15) is 0 Å². The zero-order chi connectivity index (χ0) is 60.6. The van der Waals surface area contributed by atoms with Crippen molar-refractivity contribution in [2.24, 2.45) is 0 Å². The highest BCUT2D eigenvalue weighted by atomic mass is 16.5. The molecule has 0 radical (unpaired) electrons. The number of ether oxygens (including phenoxy) is 1. The molecule has 0 bridgehead atoms. The van der Waals surface area contributed by atoms with Crippen LogP contribution in [0.5, 0.6) is 0 Å². The third-order valence-corrected chi connectivity index (χ3v) is 18.3. The Morgan fingerprint density at radius 3 is 0.940 bits per heavy atom. The van der Waals surface area contributed by atoms with Gasteiger partial charge in [-0.2, -0.15) is 0 Å². The molecule has 0 saturated carbocycles. The fourth-order valence-corrected chi connectivity index (χ4v) is 12.4. The Kier molecular flexibility index (Phi) is 72.3. The molecule has 2 unspecified atom stereocenters. The van der Waals surface area contributed by atoms with Crippen LogP contribution < -0.4 is 5.32 Å². The van der Waals surface area contributed by atoms with Gasteiger partial charge in [-0.1, -0.05) is 398 Å². The van der Waals surface area contributed by atoms with Gasteiger partial charge in [-0.3, -0.25) is 9.59 Å². The Hall–Kier alpha value is -1.66. The predicted molar refractivity (Wildman–Crippen MR) is 370 cm³/mol. The van der Waals surface area contributed by atoms with E-state index in [9.17, 15) is 19.8 Å². The number of aliphatic hydroxyl groups is 2. The van der Waals surface area contributed by atoms with Crippen LogP contribution in [0.2, 0.25) is 0 Å². The Balaban J connectivity index is 3.33. The molecule has 6 heteroatoms. The molecule has 0 saturated heterocycles. The predicted octanol–water partition coefficient (Wildman–Crippen LogP) is 25.3. The lowest BCUT2D eigenvalue weighted by Crippen LogP contribution is -2.45. The van der Waals surface area contributed by atoms with Crippen LogP contribution in [0.1, 0.15) is 438 Å². The molecule has 1 amide bonds. The number of hydrogen-bond acceptors (Lipinski definition) is 5. The van der Waals surface area contributed by atoms with Crippen molar-refractivity contribution in [3.63, 3.8) is 0 Å². The number of esters is 1. The summed E-state index contributed by atoms with van der Waals surface area (Å²) in [4.78, 5) is 24.6. The van der Waals surface area contributed by atoms with E-state index >= 15 is 0 Å². The fourth-order valence-electron chi connectivity index (χ4n) is 12.4. The molecule has 0 spiro atoms. The molecule has 0 aliphatic heterocycles. The van der Waals surface area contributed by atoms with Crippen LogP contribution >= 0.6 is 0 Å². The van der Waals surface area contributed by atoms with E-state index in [1.807, 2.05) is 0 Å². The van der Waals surface area contributed by atoms with Gasteiger partial charge in [-0.25, -0.2) is 0 Å². The third kappa shape index (κ3) is 69.4. The summed E-state index contributed by atoms with van der Waals surface area (Å²) in [6.45, 7) is 4.96. The Morgan fingerprint density at radius 2 is 0.607 bits per heavy atom. The molecule has 0 aromatic carbocycles. The van der Waals surface area contributed by atoms with Crippen LogP contribution in [0.25, 0.3) is 0 Å². The summed E-state index contributed by atoms with van der Waals surface area (Å²) in [6.07, 6.45) is 94.0. The zero-order valence-electron chi connectivity index (χ0n) is 57.2. The lowest BCUT2D eigenvalue weighted by Gasteiger charge is -2.22. The number of carbonyl (C=O) groups is 2. The molecule has 0 aliphatic carbocycles. The summed E-state index contributed by atoms with van der Waals surface area (Å²) in [5.74, 6) is -0.0179. The summed E-state index contributed by atoms with van der Waals surface area (Å²) < 4.78 is 5.49. The Labute approximate surface area is 526 Å². The first kappa shape index (κ1) is 82.3. The van der Waals surface area contributed by atoms with E-state index < -0.39 is 12.1 Å². The minimum atomic E-state index is -0.662. The van der Waals surface area contributed by atoms with Gasteiger partial charge in [0.15, 0.2) is 0 Å². The number of carbonyl (C=O) groups excluding carboxylic acids is 2. The van der Waals surface area contributed by atoms with Gasteiger partial charge in [0, 0.05) is 12.8 Å². The molecule has 0 heterocycles. The molecule has 0 aromatic heterocycles. The number of hydrogen-bond donors (Lipinski definition) is 3. The molecule has 0 fully saturated rings.